The van der Waals surface area contributed by atoms with E-state index in [2.05, 4.69) is 15.6 Å². The van der Waals surface area contributed by atoms with E-state index in [9.17, 15) is 14.9 Å². The molecule has 0 aliphatic heterocycles. The van der Waals surface area contributed by atoms with Gasteiger partial charge in [-0.15, -0.1) is 0 Å². The highest BCUT2D eigenvalue weighted by molar-refractivity contribution is 7.80. The Kier molecular flexibility index (Phi) is 6.24. The molecule has 1 aromatic heterocycles. The topological polar surface area (TPSA) is 120 Å². The van der Waals surface area contributed by atoms with Crippen LogP contribution in [0.1, 0.15) is 21.5 Å². The summed E-state index contributed by atoms with van der Waals surface area (Å²) in [7, 11) is 1.32. The number of aromatic nitrogens is 1. The smallest absolute Gasteiger partial charge is 0.311 e. The van der Waals surface area contributed by atoms with Gasteiger partial charge in [-0.25, -0.2) is 4.98 Å². The molecule has 1 amide bonds. The molecular weight excluding hydrogens is 456 g/mol. The van der Waals surface area contributed by atoms with Crippen LogP contribution in [0.4, 0.5) is 11.4 Å². The maximum Gasteiger partial charge on any atom is 0.311 e. The number of thiocarbonyl (C=S) groups is 1. The third-order valence-electron chi connectivity index (χ3n) is 5.26. The van der Waals surface area contributed by atoms with Gasteiger partial charge in [-0.05, 0) is 79.7 Å². The van der Waals surface area contributed by atoms with Crippen molar-refractivity contribution in [3.8, 4) is 17.2 Å². The quantitative estimate of drug-likeness (QED) is 0.230. The number of ether oxygens (including phenoxy) is 1. The molecule has 3 aromatic carbocycles. The van der Waals surface area contributed by atoms with E-state index in [1.54, 1.807) is 18.2 Å². The number of carbonyl (C=O) groups excluding carboxylic acids is 1. The molecule has 4 rings (SSSR count). The first kappa shape index (κ1) is 22.9. The summed E-state index contributed by atoms with van der Waals surface area (Å²) >= 11 is 5.23. The van der Waals surface area contributed by atoms with Crippen molar-refractivity contribution in [2.75, 3.05) is 12.4 Å². The molecule has 0 aliphatic rings. The van der Waals surface area contributed by atoms with Crippen LogP contribution in [0.15, 0.2) is 59.0 Å². The lowest BCUT2D eigenvalue weighted by molar-refractivity contribution is -0.385. The highest BCUT2D eigenvalue weighted by atomic mass is 32.1. The van der Waals surface area contributed by atoms with Crippen LogP contribution >= 0.6 is 12.2 Å². The van der Waals surface area contributed by atoms with E-state index in [-0.39, 0.29) is 22.1 Å². The largest absolute Gasteiger partial charge is 0.490 e. The summed E-state index contributed by atoms with van der Waals surface area (Å²) in [6, 6.07) is 15.2. The summed E-state index contributed by atoms with van der Waals surface area (Å²) in [4.78, 5) is 27.6. The number of nitrogens with zero attached hydrogens (tertiary/aromatic N) is 2. The molecule has 1 heterocycles. The molecule has 0 unspecified atom stereocenters. The molecule has 0 saturated heterocycles. The molecule has 10 heteroatoms. The fourth-order valence-corrected chi connectivity index (χ4v) is 3.53. The van der Waals surface area contributed by atoms with Crippen molar-refractivity contribution in [3.05, 3.63) is 81.4 Å². The molecule has 4 aromatic rings. The number of hydrogen-bond donors (Lipinski definition) is 2. The number of anilines is 1. The van der Waals surface area contributed by atoms with Crippen molar-refractivity contribution in [3.63, 3.8) is 0 Å². The average Bonchev–Trinajstić information content (AvgIpc) is 3.23. The number of amides is 1. The van der Waals surface area contributed by atoms with Crippen molar-refractivity contribution in [1.82, 2.24) is 10.3 Å². The number of nitro groups is 1. The second-order valence-corrected chi connectivity index (χ2v) is 7.96. The minimum absolute atomic E-state index is 0.0284. The number of rotatable bonds is 5. The van der Waals surface area contributed by atoms with Crippen molar-refractivity contribution < 1.29 is 18.9 Å². The molecule has 9 nitrogen and oxygen atoms in total. The normalized spacial score (nSPS) is 10.7. The molecule has 2 N–H and O–H groups in total. The van der Waals surface area contributed by atoms with Gasteiger partial charge in [0.1, 0.15) is 5.52 Å². The molecule has 0 bridgehead atoms. The molecule has 0 fully saturated rings. The van der Waals surface area contributed by atoms with Crippen LogP contribution in [0.5, 0.6) is 5.75 Å². The highest BCUT2D eigenvalue weighted by Crippen LogP contribution is 2.28. The number of oxazole rings is 1. The van der Waals surface area contributed by atoms with E-state index in [0.717, 1.165) is 17.2 Å². The fourth-order valence-electron chi connectivity index (χ4n) is 3.31. The zero-order valence-corrected chi connectivity index (χ0v) is 19.4. The molecule has 172 valence electrons. The lowest BCUT2D eigenvalue weighted by Crippen LogP contribution is -2.34. The van der Waals surface area contributed by atoms with Crippen LogP contribution in [0.25, 0.3) is 22.6 Å². The van der Waals surface area contributed by atoms with Crippen LogP contribution in [-0.4, -0.2) is 28.0 Å². The predicted molar refractivity (Wildman–Crippen MR) is 132 cm³/mol. The number of methoxy groups -OCH3 is 1. The summed E-state index contributed by atoms with van der Waals surface area (Å²) in [5.41, 5.74) is 4.80. The molecule has 0 spiro atoms. The lowest BCUT2D eigenvalue weighted by atomic mass is 10.1. The maximum absolute atomic E-state index is 12.5. The van der Waals surface area contributed by atoms with Gasteiger partial charge in [-0.3, -0.25) is 20.2 Å². The number of benzene rings is 3. The van der Waals surface area contributed by atoms with Crippen LogP contribution in [0, 0.1) is 24.0 Å². The predicted octanol–water partition coefficient (Wildman–Crippen LogP) is 5.16. The number of nitrogens with one attached hydrogen (secondary N) is 2. The third-order valence-corrected chi connectivity index (χ3v) is 5.47. The van der Waals surface area contributed by atoms with Gasteiger partial charge in [0.15, 0.2) is 16.4 Å². The van der Waals surface area contributed by atoms with Crippen molar-refractivity contribution in [2.45, 2.75) is 13.8 Å². The van der Waals surface area contributed by atoms with Gasteiger partial charge in [0.05, 0.1) is 12.0 Å². The van der Waals surface area contributed by atoms with Gasteiger partial charge < -0.3 is 14.5 Å². The molecule has 0 atom stereocenters. The number of fused-ring (bicyclic) bond motifs is 1. The van der Waals surface area contributed by atoms with Crippen molar-refractivity contribution >= 4 is 45.7 Å². The van der Waals surface area contributed by atoms with Gasteiger partial charge in [-0.2, -0.15) is 0 Å². The van der Waals surface area contributed by atoms with Gasteiger partial charge in [0.25, 0.3) is 5.91 Å². The Bertz CT molecular complexity index is 1450. The van der Waals surface area contributed by atoms with Crippen molar-refractivity contribution in [1.29, 1.82) is 0 Å². The zero-order chi connectivity index (χ0) is 24.4. The SMILES string of the molecule is COc1ccc(C(=O)NC(=S)Nc2ccc3oc(-c4ccc(C)c(C)c4)nc3c2)cc1[N+](=O)[O-]. The lowest BCUT2D eigenvalue weighted by Gasteiger charge is -2.10. The monoisotopic (exact) mass is 476 g/mol. The van der Waals surface area contributed by atoms with Gasteiger partial charge in [0, 0.05) is 22.9 Å². The highest BCUT2D eigenvalue weighted by Gasteiger charge is 2.19. The summed E-state index contributed by atoms with van der Waals surface area (Å²) in [6.45, 7) is 4.07. The van der Waals surface area contributed by atoms with Crippen LogP contribution in [0.2, 0.25) is 0 Å². The van der Waals surface area contributed by atoms with E-state index in [1.807, 2.05) is 32.0 Å². The number of carbonyl (C=O) groups is 1. The zero-order valence-electron chi connectivity index (χ0n) is 18.5. The maximum atomic E-state index is 12.5. The van der Waals surface area contributed by atoms with Gasteiger partial charge >= 0.3 is 5.69 Å². The molecular formula is C24H20N4O5S. The van der Waals surface area contributed by atoms with Gasteiger partial charge in [0.2, 0.25) is 5.89 Å². The third kappa shape index (κ3) is 4.71. The second-order valence-electron chi connectivity index (χ2n) is 7.55. The summed E-state index contributed by atoms with van der Waals surface area (Å²) in [5, 5.41) is 16.7. The Labute approximate surface area is 199 Å². The molecule has 0 aliphatic carbocycles. The Hall–Kier alpha value is -4.31. The fraction of sp³-hybridized carbons (Fsp3) is 0.125. The minimum Gasteiger partial charge on any atom is -0.490 e. The Morgan fingerprint density at radius 1 is 1.09 bits per heavy atom. The Balaban J connectivity index is 1.48. The molecule has 0 radical (unpaired) electrons. The summed E-state index contributed by atoms with van der Waals surface area (Å²) in [6.07, 6.45) is 0. The van der Waals surface area contributed by atoms with E-state index in [0.29, 0.717) is 22.7 Å². The van der Waals surface area contributed by atoms with Crippen LogP contribution in [0.3, 0.4) is 0 Å². The Morgan fingerprint density at radius 2 is 1.88 bits per heavy atom. The van der Waals surface area contributed by atoms with Crippen LogP contribution in [-0.2, 0) is 0 Å². The standard InChI is InChI=1S/C24H20N4O5S/c1-13-4-5-16(10-14(13)2)23-26-18-12-17(7-9-20(18)33-23)25-24(34)27-22(29)15-6-8-21(32-3)19(11-15)28(30)31/h4-12H,1-3H3,(H2,25,27,29,34). The summed E-state index contributed by atoms with van der Waals surface area (Å²) < 4.78 is 10.8. The van der Waals surface area contributed by atoms with Crippen molar-refractivity contribution in [2.24, 2.45) is 0 Å². The van der Waals surface area contributed by atoms with E-state index in [1.165, 1.54) is 24.8 Å². The molecule has 34 heavy (non-hydrogen) atoms. The first-order valence-electron chi connectivity index (χ1n) is 10.2. The van der Waals surface area contributed by atoms with E-state index >= 15 is 0 Å². The van der Waals surface area contributed by atoms with Crippen LogP contribution < -0.4 is 15.4 Å². The minimum atomic E-state index is -0.620. The average molecular weight is 477 g/mol. The number of aryl methyl sites for hydroxylation is 2. The van der Waals surface area contributed by atoms with Gasteiger partial charge in [-0.1, -0.05) is 6.07 Å². The number of nitro benzene ring substituents is 1. The summed E-state index contributed by atoms with van der Waals surface area (Å²) in [5.74, 6) is -0.0293. The van der Waals surface area contributed by atoms with E-state index < -0.39 is 10.8 Å². The van der Waals surface area contributed by atoms with E-state index in [4.69, 9.17) is 21.4 Å². The first-order valence-corrected chi connectivity index (χ1v) is 10.6. The number of hydrogen-bond acceptors (Lipinski definition) is 7. The first-order chi connectivity index (χ1) is 16.2. The molecule has 0 saturated carbocycles. The second kappa shape index (κ2) is 9.28. The Morgan fingerprint density at radius 3 is 2.59 bits per heavy atom.